The summed E-state index contributed by atoms with van der Waals surface area (Å²) < 4.78 is 5.59. The third-order valence-corrected chi connectivity index (χ3v) is 3.26. The molecule has 0 saturated carbocycles. The topological polar surface area (TPSA) is 72.6 Å². The van der Waals surface area contributed by atoms with Gasteiger partial charge in [0.15, 0.2) is 0 Å². The number of anilines is 1. The summed E-state index contributed by atoms with van der Waals surface area (Å²) in [7, 11) is 0. The van der Waals surface area contributed by atoms with Crippen molar-refractivity contribution in [2.45, 2.75) is 20.3 Å². The molecule has 1 aromatic rings. The number of amides is 2. The first-order valence-corrected chi connectivity index (χ1v) is 6.80. The molecule has 0 spiro atoms. The number of ether oxygens (including phenoxy) is 1. The number of primary amides is 1. The van der Waals surface area contributed by atoms with Crippen LogP contribution in [0, 0.1) is 11.8 Å². The number of carbonyl (C=O) groups excluding carboxylic acids is 2. The van der Waals surface area contributed by atoms with E-state index in [0.29, 0.717) is 19.1 Å². The summed E-state index contributed by atoms with van der Waals surface area (Å²) in [5.74, 6) is 0.369. The maximum Gasteiger partial charge on any atom is 0.227 e. The molecule has 1 heterocycles. The first kappa shape index (κ1) is 14.4. The number of carbonyl (C=O) groups is 2. The minimum Gasteiger partial charge on any atom is -0.493 e. The Morgan fingerprint density at radius 2 is 2.05 bits per heavy atom. The van der Waals surface area contributed by atoms with Gasteiger partial charge in [-0.25, -0.2) is 0 Å². The van der Waals surface area contributed by atoms with Crippen molar-refractivity contribution in [2.24, 2.45) is 17.6 Å². The lowest BCUT2D eigenvalue weighted by atomic mass is 10.1. The van der Waals surface area contributed by atoms with Crippen molar-refractivity contribution >= 4 is 17.5 Å². The number of hydrogen-bond donors (Lipinski definition) is 1. The van der Waals surface area contributed by atoms with E-state index >= 15 is 0 Å². The van der Waals surface area contributed by atoms with Crippen LogP contribution < -0.4 is 15.4 Å². The molecule has 20 heavy (non-hydrogen) atoms. The molecule has 1 aromatic carbocycles. The Morgan fingerprint density at radius 1 is 1.40 bits per heavy atom. The number of hydrogen-bond acceptors (Lipinski definition) is 3. The molecular weight excluding hydrogens is 256 g/mol. The fourth-order valence-electron chi connectivity index (χ4n) is 2.13. The van der Waals surface area contributed by atoms with Crippen LogP contribution in [0.25, 0.3) is 0 Å². The molecular formula is C15H20N2O3. The molecule has 0 bridgehead atoms. The van der Waals surface area contributed by atoms with Gasteiger partial charge in [-0.1, -0.05) is 13.8 Å². The zero-order valence-electron chi connectivity index (χ0n) is 11.8. The molecule has 2 rings (SSSR count). The van der Waals surface area contributed by atoms with Gasteiger partial charge in [-0.2, -0.15) is 0 Å². The van der Waals surface area contributed by atoms with E-state index < -0.39 is 5.91 Å². The third-order valence-electron chi connectivity index (χ3n) is 3.26. The summed E-state index contributed by atoms with van der Waals surface area (Å²) in [6.07, 6.45) is 0.195. The van der Waals surface area contributed by atoms with Crippen molar-refractivity contribution in [3.8, 4) is 5.75 Å². The molecule has 5 nitrogen and oxygen atoms in total. The average molecular weight is 276 g/mol. The second-order valence-corrected chi connectivity index (χ2v) is 5.51. The molecule has 2 amide bonds. The molecule has 1 aliphatic rings. The van der Waals surface area contributed by atoms with Gasteiger partial charge < -0.3 is 15.4 Å². The summed E-state index contributed by atoms with van der Waals surface area (Å²) >= 11 is 0. The van der Waals surface area contributed by atoms with Gasteiger partial charge in [0.2, 0.25) is 11.8 Å². The molecule has 0 aliphatic carbocycles. The van der Waals surface area contributed by atoms with Crippen LogP contribution in [0.5, 0.6) is 5.75 Å². The van der Waals surface area contributed by atoms with Gasteiger partial charge in [-0.05, 0) is 30.2 Å². The number of rotatable bonds is 5. The highest BCUT2D eigenvalue weighted by atomic mass is 16.5. The SMILES string of the molecule is CC(C)COc1ccc(N2CC(C(N)=O)CC2=O)cc1. The first-order chi connectivity index (χ1) is 9.47. The maximum absolute atomic E-state index is 11.9. The van der Waals surface area contributed by atoms with Crippen molar-refractivity contribution in [3.05, 3.63) is 24.3 Å². The Kier molecular flexibility index (Phi) is 4.27. The molecule has 1 saturated heterocycles. The van der Waals surface area contributed by atoms with Crippen molar-refractivity contribution in [1.29, 1.82) is 0 Å². The van der Waals surface area contributed by atoms with Crippen LogP contribution in [0.2, 0.25) is 0 Å². The standard InChI is InChI=1S/C15H20N2O3/c1-10(2)9-20-13-5-3-12(4-6-13)17-8-11(15(16)19)7-14(17)18/h3-6,10-11H,7-9H2,1-2H3,(H2,16,19). The van der Waals surface area contributed by atoms with Gasteiger partial charge >= 0.3 is 0 Å². The zero-order chi connectivity index (χ0) is 14.7. The third kappa shape index (κ3) is 3.29. The second kappa shape index (κ2) is 5.94. The van der Waals surface area contributed by atoms with Gasteiger partial charge in [0.05, 0.1) is 12.5 Å². The fraction of sp³-hybridized carbons (Fsp3) is 0.467. The van der Waals surface area contributed by atoms with E-state index in [0.717, 1.165) is 11.4 Å². The van der Waals surface area contributed by atoms with Gasteiger partial charge in [0.1, 0.15) is 5.75 Å². The Bertz CT molecular complexity index is 496. The normalized spacial score (nSPS) is 18.6. The lowest BCUT2D eigenvalue weighted by molar-refractivity contribution is -0.123. The molecule has 2 N–H and O–H groups in total. The monoisotopic (exact) mass is 276 g/mol. The molecule has 0 radical (unpaired) electrons. The Hall–Kier alpha value is -2.04. The Balaban J connectivity index is 2.03. The molecule has 1 unspecified atom stereocenters. The van der Waals surface area contributed by atoms with Crippen LogP contribution in [-0.2, 0) is 9.59 Å². The molecule has 1 atom stereocenters. The van der Waals surface area contributed by atoms with Gasteiger partial charge in [0, 0.05) is 18.7 Å². The Labute approximate surface area is 118 Å². The van der Waals surface area contributed by atoms with E-state index in [1.165, 1.54) is 0 Å². The average Bonchev–Trinajstić information content (AvgIpc) is 2.79. The van der Waals surface area contributed by atoms with E-state index in [2.05, 4.69) is 13.8 Å². The summed E-state index contributed by atoms with van der Waals surface area (Å²) in [6.45, 7) is 5.19. The molecule has 5 heteroatoms. The van der Waals surface area contributed by atoms with Gasteiger partial charge in [-0.3, -0.25) is 9.59 Å². The lowest BCUT2D eigenvalue weighted by Crippen LogP contribution is -2.28. The van der Waals surface area contributed by atoms with E-state index in [-0.39, 0.29) is 18.2 Å². The van der Waals surface area contributed by atoms with Gasteiger partial charge in [0.25, 0.3) is 0 Å². The lowest BCUT2D eigenvalue weighted by Gasteiger charge is -2.17. The highest BCUT2D eigenvalue weighted by Gasteiger charge is 2.33. The minimum absolute atomic E-state index is 0.0651. The second-order valence-electron chi connectivity index (χ2n) is 5.51. The molecule has 1 aliphatic heterocycles. The van der Waals surface area contributed by atoms with Crippen LogP contribution in [0.3, 0.4) is 0 Å². The first-order valence-electron chi connectivity index (χ1n) is 6.80. The van der Waals surface area contributed by atoms with Crippen LogP contribution in [-0.4, -0.2) is 25.0 Å². The fourth-order valence-corrected chi connectivity index (χ4v) is 2.13. The predicted octanol–water partition coefficient (Wildman–Crippen LogP) is 1.56. The number of benzene rings is 1. The number of nitrogens with two attached hydrogens (primary N) is 1. The molecule has 108 valence electrons. The smallest absolute Gasteiger partial charge is 0.227 e. The van der Waals surface area contributed by atoms with E-state index in [1.807, 2.05) is 24.3 Å². The van der Waals surface area contributed by atoms with Crippen molar-refractivity contribution in [1.82, 2.24) is 0 Å². The van der Waals surface area contributed by atoms with Crippen LogP contribution in [0.15, 0.2) is 24.3 Å². The summed E-state index contributed by atoms with van der Waals surface area (Å²) in [5.41, 5.74) is 6.03. The van der Waals surface area contributed by atoms with Crippen molar-refractivity contribution in [2.75, 3.05) is 18.1 Å². The van der Waals surface area contributed by atoms with E-state index in [4.69, 9.17) is 10.5 Å². The number of nitrogens with zero attached hydrogens (tertiary/aromatic N) is 1. The summed E-state index contributed by atoms with van der Waals surface area (Å²) in [6, 6.07) is 7.33. The van der Waals surface area contributed by atoms with Crippen LogP contribution in [0.1, 0.15) is 20.3 Å². The van der Waals surface area contributed by atoms with Crippen molar-refractivity contribution in [3.63, 3.8) is 0 Å². The largest absolute Gasteiger partial charge is 0.493 e. The maximum atomic E-state index is 11.9. The van der Waals surface area contributed by atoms with E-state index in [9.17, 15) is 9.59 Å². The van der Waals surface area contributed by atoms with E-state index in [1.54, 1.807) is 4.90 Å². The van der Waals surface area contributed by atoms with Gasteiger partial charge in [-0.15, -0.1) is 0 Å². The van der Waals surface area contributed by atoms with Crippen LogP contribution in [0.4, 0.5) is 5.69 Å². The quantitative estimate of drug-likeness (QED) is 0.887. The van der Waals surface area contributed by atoms with Crippen LogP contribution >= 0.6 is 0 Å². The predicted molar refractivity (Wildman–Crippen MR) is 76.4 cm³/mol. The minimum atomic E-state index is -0.419. The molecule has 0 aromatic heterocycles. The summed E-state index contributed by atoms with van der Waals surface area (Å²) in [5, 5.41) is 0. The zero-order valence-corrected chi connectivity index (χ0v) is 11.8. The molecule has 1 fully saturated rings. The summed E-state index contributed by atoms with van der Waals surface area (Å²) in [4.78, 5) is 24.6. The highest BCUT2D eigenvalue weighted by Crippen LogP contribution is 2.26. The van der Waals surface area contributed by atoms with Crippen molar-refractivity contribution < 1.29 is 14.3 Å². The highest BCUT2D eigenvalue weighted by molar-refractivity contribution is 6.00. The Morgan fingerprint density at radius 3 is 2.55 bits per heavy atom.